The molecule has 0 fully saturated rings. The molecule has 1 heterocycles. The molecule has 0 amide bonds. The van der Waals surface area contributed by atoms with Gasteiger partial charge >= 0.3 is 0 Å². The standard InChI is InChI=1S/C18H20N2O6S/c1-12-7-16-17(26-11-25-16)9-18(12)27(21,22)20(2)19-10-13-5-6-14(23-3)15(8-13)24-4/h5-10H,11H2,1-4H3/b19-10+. The summed E-state index contributed by atoms with van der Waals surface area (Å²) in [4.78, 5) is 0.110. The van der Waals surface area contributed by atoms with Gasteiger partial charge in [-0.05, 0) is 42.3 Å². The van der Waals surface area contributed by atoms with Crippen LogP contribution in [0.2, 0.25) is 0 Å². The SMILES string of the molecule is COc1ccc(/C=N/N(C)S(=O)(=O)c2cc3c(cc2C)OCO3)cc1OC. The predicted molar refractivity (Wildman–Crippen MR) is 99.4 cm³/mol. The summed E-state index contributed by atoms with van der Waals surface area (Å²) in [5, 5.41) is 4.06. The molecule has 0 unspecified atom stereocenters. The van der Waals surface area contributed by atoms with Gasteiger partial charge in [0.1, 0.15) is 0 Å². The minimum Gasteiger partial charge on any atom is -0.493 e. The molecule has 144 valence electrons. The summed E-state index contributed by atoms with van der Waals surface area (Å²) in [6, 6.07) is 8.26. The average Bonchev–Trinajstić information content (AvgIpc) is 3.12. The van der Waals surface area contributed by atoms with Crippen LogP contribution in [0.15, 0.2) is 40.3 Å². The van der Waals surface area contributed by atoms with E-state index < -0.39 is 10.0 Å². The molecule has 27 heavy (non-hydrogen) atoms. The van der Waals surface area contributed by atoms with Crippen LogP contribution in [0.5, 0.6) is 23.0 Å². The van der Waals surface area contributed by atoms with Gasteiger partial charge in [-0.1, -0.05) is 0 Å². The highest BCUT2D eigenvalue weighted by atomic mass is 32.2. The van der Waals surface area contributed by atoms with E-state index in [1.54, 1.807) is 38.3 Å². The summed E-state index contributed by atoms with van der Waals surface area (Å²) in [7, 11) is 0.593. The lowest BCUT2D eigenvalue weighted by molar-refractivity contribution is 0.174. The van der Waals surface area contributed by atoms with Crippen molar-refractivity contribution in [2.75, 3.05) is 28.1 Å². The third-order valence-corrected chi connectivity index (χ3v) is 5.86. The molecular formula is C18H20N2O6S. The fourth-order valence-corrected chi connectivity index (χ4v) is 3.77. The molecular weight excluding hydrogens is 372 g/mol. The van der Waals surface area contributed by atoms with Gasteiger partial charge in [-0.2, -0.15) is 17.9 Å². The van der Waals surface area contributed by atoms with E-state index in [0.29, 0.717) is 34.1 Å². The highest BCUT2D eigenvalue weighted by Crippen LogP contribution is 2.37. The lowest BCUT2D eigenvalue weighted by Crippen LogP contribution is -2.22. The zero-order valence-electron chi connectivity index (χ0n) is 15.4. The number of hydrogen-bond acceptors (Lipinski definition) is 7. The van der Waals surface area contributed by atoms with Crippen molar-refractivity contribution in [2.24, 2.45) is 5.10 Å². The first kappa shape index (κ1) is 18.8. The average molecular weight is 392 g/mol. The van der Waals surface area contributed by atoms with Gasteiger partial charge in [0.05, 0.1) is 25.3 Å². The van der Waals surface area contributed by atoms with E-state index in [-0.39, 0.29) is 11.7 Å². The molecule has 0 atom stereocenters. The Balaban J connectivity index is 1.87. The molecule has 0 radical (unpaired) electrons. The van der Waals surface area contributed by atoms with Crippen molar-refractivity contribution in [3.8, 4) is 23.0 Å². The van der Waals surface area contributed by atoms with E-state index in [9.17, 15) is 8.42 Å². The maximum atomic E-state index is 12.9. The van der Waals surface area contributed by atoms with E-state index >= 15 is 0 Å². The molecule has 1 aliphatic heterocycles. The van der Waals surface area contributed by atoms with Gasteiger partial charge in [0, 0.05) is 13.1 Å². The van der Waals surface area contributed by atoms with Gasteiger partial charge < -0.3 is 18.9 Å². The van der Waals surface area contributed by atoms with Gasteiger partial charge in [0.15, 0.2) is 23.0 Å². The molecule has 8 nitrogen and oxygen atoms in total. The summed E-state index contributed by atoms with van der Waals surface area (Å²) in [6.07, 6.45) is 1.43. The van der Waals surface area contributed by atoms with E-state index in [0.717, 1.165) is 4.41 Å². The minimum atomic E-state index is -3.85. The molecule has 0 saturated heterocycles. The Bertz CT molecular complexity index is 988. The summed E-state index contributed by atoms with van der Waals surface area (Å²) in [6.45, 7) is 1.77. The number of ether oxygens (including phenoxy) is 4. The highest BCUT2D eigenvalue weighted by molar-refractivity contribution is 7.89. The second-order valence-electron chi connectivity index (χ2n) is 5.77. The van der Waals surface area contributed by atoms with Crippen LogP contribution in [0.4, 0.5) is 0 Å². The Labute approximate surface area is 158 Å². The second-order valence-corrected chi connectivity index (χ2v) is 7.69. The fraction of sp³-hybridized carbons (Fsp3) is 0.278. The Hall–Kier alpha value is -2.94. The molecule has 0 aromatic heterocycles. The Morgan fingerprint density at radius 2 is 1.74 bits per heavy atom. The summed E-state index contributed by atoms with van der Waals surface area (Å²) < 4.78 is 47.6. The molecule has 3 rings (SSSR count). The number of aryl methyl sites for hydroxylation is 1. The Kier molecular flexibility index (Phi) is 5.13. The molecule has 0 N–H and O–H groups in total. The van der Waals surface area contributed by atoms with Gasteiger partial charge in [-0.15, -0.1) is 0 Å². The van der Waals surface area contributed by atoms with Crippen LogP contribution in [-0.2, 0) is 10.0 Å². The number of nitrogens with zero attached hydrogens (tertiary/aromatic N) is 2. The molecule has 1 aliphatic rings. The van der Waals surface area contributed by atoms with Crippen LogP contribution in [0, 0.1) is 6.92 Å². The molecule has 0 spiro atoms. The lowest BCUT2D eigenvalue weighted by Gasteiger charge is -2.16. The smallest absolute Gasteiger partial charge is 0.279 e. The summed E-state index contributed by atoms with van der Waals surface area (Å²) >= 11 is 0. The van der Waals surface area contributed by atoms with Gasteiger partial charge in [-0.3, -0.25) is 0 Å². The molecule has 0 saturated carbocycles. The van der Waals surface area contributed by atoms with Crippen LogP contribution in [0.3, 0.4) is 0 Å². The summed E-state index contributed by atoms with van der Waals surface area (Å²) in [5.74, 6) is 2.03. The van der Waals surface area contributed by atoms with Crippen LogP contribution in [-0.4, -0.2) is 47.1 Å². The highest BCUT2D eigenvalue weighted by Gasteiger charge is 2.26. The lowest BCUT2D eigenvalue weighted by atomic mass is 10.2. The first-order chi connectivity index (χ1) is 12.9. The van der Waals surface area contributed by atoms with Gasteiger partial charge in [-0.25, -0.2) is 0 Å². The number of hydrazone groups is 1. The Morgan fingerprint density at radius 3 is 2.41 bits per heavy atom. The second kappa shape index (κ2) is 7.36. The molecule has 0 bridgehead atoms. The van der Waals surface area contributed by atoms with Gasteiger partial charge in [0.2, 0.25) is 6.79 Å². The van der Waals surface area contributed by atoms with Crippen molar-refractivity contribution >= 4 is 16.2 Å². The summed E-state index contributed by atoms with van der Waals surface area (Å²) in [5.41, 5.74) is 1.21. The van der Waals surface area contributed by atoms with Crippen LogP contribution in [0.1, 0.15) is 11.1 Å². The zero-order valence-corrected chi connectivity index (χ0v) is 16.2. The number of rotatable bonds is 6. The van der Waals surface area contributed by atoms with Crippen molar-refractivity contribution in [1.82, 2.24) is 4.41 Å². The maximum Gasteiger partial charge on any atom is 0.279 e. The minimum absolute atomic E-state index is 0.0750. The van der Waals surface area contributed by atoms with Crippen molar-refractivity contribution in [2.45, 2.75) is 11.8 Å². The number of sulfonamides is 1. The number of methoxy groups -OCH3 is 2. The van der Waals surface area contributed by atoms with E-state index in [1.807, 2.05) is 0 Å². The first-order valence-electron chi connectivity index (χ1n) is 8.02. The zero-order chi connectivity index (χ0) is 19.6. The predicted octanol–water partition coefficient (Wildman–Crippen LogP) is 2.40. The van der Waals surface area contributed by atoms with E-state index in [4.69, 9.17) is 18.9 Å². The van der Waals surface area contributed by atoms with Crippen molar-refractivity contribution in [1.29, 1.82) is 0 Å². The molecule has 2 aromatic rings. The fourth-order valence-electron chi connectivity index (χ4n) is 2.59. The first-order valence-corrected chi connectivity index (χ1v) is 9.46. The quantitative estimate of drug-likeness (QED) is 0.554. The van der Waals surface area contributed by atoms with Crippen LogP contribution in [0.25, 0.3) is 0 Å². The third kappa shape index (κ3) is 3.63. The Morgan fingerprint density at radius 1 is 1.07 bits per heavy atom. The molecule has 2 aromatic carbocycles. The number of hydrogen-bond donors (Lipinski definition) is 0. The van der Waals surface area contributed by atoms with E-state index in [2.05, 4.69) is 5.10 Å². The number of fused-ring (bicyclic) bond motifs is 1. The van der Waals surface area contributed by atoms with E-state index in [1.165, 1.54) is 26.4 Å². The number of benzene rings is 2. The monoisotopic (exact) mass is 392 g/mol. The topological polar surface area (TPSA) is 86.7 Å². The molecule has 9 heteroatoms. The van der Waals surface area contributed by atoms with Crippen molar-refractivity contribution in [3.63, 3.8) is 0 Å². The maximum absolute atomic E-state index is 12.9. The molecule has 0 aliphatic carbocycles. The van der Waals surface area contributed by atoms with Crippen molar-refractivity contribution < 1.29 is 27.4 Å². The normalized spacial score (nSPS) is 13.0. The van der Waals surface area contributed by atoms with Gasteiger partial charge in [0.25, 0.3) is 10.0 Å². The van der Waals surface area contributed by atoms with Crippen LogP contribution < -0.4 is 18.9 Å². The van der Waals surface area contributed by atoms with Crippen molar-refractivity contribution in [3.05, 3.63) is 41.5 Å². The largest absolute Gasteiger partial charge is 0.493 e. The third-order valence-electron chi connectivity index (χ3n) is 4.07. The van der Waals surface area contributed by atoms with Crippen LogP contribution >= 0.6 is 0 Å².